The predicted octanol–water partition coefficient (Wildman–Crippen LogP) is 3.11. The highest BCUT2D eigenvalue weighted by atomic mass is 127. The number of piperazine rings is 1. The van der Waals surface area contributed by atoms with E-state index < -0.39 is 0 Å². The Labute approximate surface area is 200 Å². The fourth-order valence-corrected chi connectivity index (χ4v) is 3.66. The zero-order chi connectivity index (χ0) is 21.7. The molecule has 1 amide bonds. The third-order valence-electron chi connectivity index (χ3n) is 5.19. The number of guanidine groups is 1. The van der Waals surface area contributed by atoms with Crippen LogP contribution in [-0.2, 0) is 11.3 Å². The predicted molar refractivity (Wildman–Crippen MR) is 132 cm³/mol. The fraction of sp³-hybridized carbons (Fsp3) is 0.545. The van der Waals surface area contributed by atoms with E-state index in [0.29, 0.717) is 18.7 Å². The second kappa shape index (κ2) is 11.7. The van der Waals surface area contributed by atoms with Gasteiger partial charge in [0.15, 0.2) is 5.96 Å². The van der Waals surface area contributed by atoms with Crippen LogP contribution >= 0.6 is 24.0 Å². The van der Waals surface area contributed by atoms with E-state index in [1.54, 1.807) is 6.07 Å². The van der Waals surface area contributed by atoms with Gasteiger partial charge in [0.2, 0.25) is 5.91 Å². The standard InChI is InChI=1S/C22H32FN5O2.HI/c1-5-24-22(28-10-8-27(9-11-28)14-21(29)26-15(2)3)25-13-20-16(4)18-12-17(23)6-7-19(18)30-20;/h6-7,12,15H,5,8-11,13-14H2,1-4H3,(H,24,25)(H,26,29);1H. The summed E-state index contributed by atoms with van der Waals surface area (Å²) in [5.41, 5.74) is 1.60. The Hall–Kier alpha value is -1.88. The van der Waals surface area contributed by atoms with Crippen molar-refractivity contribution >= 4 is 46.8 Å². The van der Waals surface area contributed by atoms with Crippen LogP contribution in [0.4, 0.5) is 4.39 Å². The Kier molecular flexibility index (Phi) is 9.54. The molecule has 0 atom stereocenters. The molecule has 172 valence electrons. The van der Waals surface area contributed by atoms with Gasteiger partial charge in [0.1, 0.15) is 23.7 Å². The van der Waals surface area contributed by atoms with Crippen molar-refractivity contribution in [2.45, 2.75) is 40.3 Å². The molecular weight excluding hydrogens is 512 g/mol. The number of aryl methyl sites for hydroxylation is 1. The number of benzene rings is 1. The smallest absolute Gasteiger partial charge is 0.234 e. The van der Waals surface area contributed by atoms with E-state index in [-0.39, 0.29) is 41.7 Å². The minimum Gasteiger partial charge on any atom is -0.459 e. The molecule has 1 fully saturated rings. The van der Waals surface area contributed by atoms with E-state index in [9.17, 15) is 9.18 Å². The summed E-state index contributed by atoms with van der Waals surface area (Å²) in [5.74, 6) is 1.37. The quantitative estimate of drug-likeness (QED) is 0.332. The maximum absolute atomic E-state index is 13.5. The van der Waals surface area contributed by atoms with Crippen molar-refractivity contribution in [3.05, 3.63) is 35.3 Å². The maximum atomic E-state index is 13.5. The van der Waals surface area contributed by atoms with Gasteiger partial charge in [0.25, 0.3) is 0 Å². The molecule has 9 heteroatoms. The Morgan fingerprint density at radius 1 is 1.26 bits per heavy atom. The molecule has 0 unspecified atom stereocenters. The summed E-state index contributed by atoms with van der Waals surface area (Å²) >= 11 is 0. The van der Waals surface area contributed by atoms with Crippen molar-refractivity contribution < 1.29 is 13.6 Å². The van der Waals surface area contributed by atoms with Crippen LogP contribution in [0.3, 0.4) is 0 Å². The zero-order valence-electron chi connectivity index (χ0n) is 18.7. The first-order valence-electron chi connectivity index (χ1n) is 10.6. The van der Waals surface area contributed by atoms with Crippen molar-refractivity contribution in [1.29, 1.82) is 0 Å². The van der Waals surface area contributed by atoms with Crippen LogP contribution in [0.15, 0.2) is 27.6 Å². The first-order chi connectivity index (χ1) is 14.4. The Morgan fingerprint density at radius 3 is 2.61 bits per heavy atom. The number of aliphatic imine (C=N–C) groups is 1. The number of nitrogens with zero attached hydrogens (tertiary/aromatic N) is 3. The number of rotatable bonds is 6. The van der Waals surface area contributed by atoms with E-state index in [0.717, 1.165) is 55.4 Å². The summed E-state index contributed by atoms with van der Waals surface area (Å²) in [6.45, 7) is 12.7. The van der Waals surface area contributed by atoms with Crippen molar-refractivity contribution in [3.63, 3.8) is 0 Å². The second-order valence-corrected chi connectivity index (χ2v) is 7.95. The highest BCUT2D eigenvalue weighted by molar-refractivity contribution is 14.0. The van der Waals surface area contributed by atoms with Gasteiger partial charge in [-0.15, -0.1) is 24.0 Å². The highest BCUT2D eigenvalue weighted by Gasteiger charge is 2.21. The Morgan fingerprint density at radius 2 is 1.97 bits per heavy atom. The molecule has 31 heavy (non-hydrogen) atoms. The number of hydrogen-bond donors (Lipinski definition) is 2. The lowest BCUT2D eigenvalue weighted by Gasteiger charge is -2.36. The first-order valence-corrected chi connectivity index (χ1v) is 10.6. The fourth-order valence-electron chi connectivity index (χ4n) is 3.66. The molecule has 2 aromatic rings. The van der Waals surface area contributed by atoms with Gasteiger partial charge in [-0.3, -0.25) is 9.69 Å². The normalized spacial score (nSPS) is 15.3. The van der Waals surface area contributed by atoms with Crippen molar-refractivity contribution in [2.75, 3.05) is 39.3 Å². The monoisotopic (exact) mass is 545 g/mol. The average Bonchev–Trinajstić information content (AvgIpc) is 3.00. The Balaban J connectivity index is 0.00000341. The molecule has 0 saturated carbocycles. The van der Waals surface area contributed by atoms with Gasteiger partial charge < -0.3 is 20.0 Å². The average molecular weight is 545 g/mol. The van der Waals surface area contributed by atoms with Gasteiger partial charge in [0, 0.05) is 49.7 Å². The Bertz CT molecular complexity index is 907. The van der Waals surface area contributed by atoms with Gasteiger partial charge in [-0.25, -0.2) is 9.38 Å². The molecule has 0 spiro atoms. The molecule has 2 N–H and O–H groups in total. The zero-order valence-corrected chi connectivity index (χ0v) is 21.0. The summed E-state index contributed by atoms with van der Waals surface area (Å²) in [6, 6.07) is 4.72. The SMILES string of the molecule is CCNC(=NCc1oc2ccc(F)cc2c1C)N1CCN(CC(=O)NC(C)C)CC1.I. The summed E-state index contributed by atoms with van der Waals surface area (Å²) in [5, 5.41) is 7.07. The van der Waals surface area contributed by atoms with E-state index >= 15 is 0 Å². The van der Waals surface area contributed by atoms with Crippen LogP contribution in [0.1, 0.15) is 32.1 Å². The van der Waals surface area contributed by atoms with Crippen LogP contribution in [-0.4, -0.2) is 67.0 Å². The molecule has 1 aliphatic rings. The summed E-state index contributed by atoms with van der Waals surface area (Å²) in [7, 11) is 0. The van der Waals surface area contributed by atoms with Crippen molar-refractivity contribution in [2.24, 2.45) is 4.99 Å². The molecule has 0 radical (unpaired) electrons. The van der Waals surface area contributed by atoms with E-state index in [1.807, 2.05) is 27.7 Å². The van der Waals surface area contributed by atoms with Crippen LogP contribution in [0.25, 0.3) is 11.0 Å². The summed E-state index contributed by atoms with van der Waals surface area (Å²) < 4.78 is 19.4. The topological polar surface area (TPSA) is 73.1 Å². The third kappa shape index (κ3) is 6.80. The van der Waals surface area contributed by atoms with Crippen LogP contribution in [0.5, 0.6) is 0 Å². The molecule has 0 aliphatic carbocycles. The van der Waals surface area contributed by atoms with Crippen molar-refractivity contribution in [1.82, 2.24) is 20.4 Å². The largest absolute Gasteiger partial charge is 0.459 e. The minimum atomic E-state index is -0.269. The number of nitrogens with one attached hydrogen (secondary N) is 2. The number of hydrogen-bond acceptors (Lipinski definition) is 4. The lowest BCUT2D eigenvalue weighted by molar-refractivity contribution is -0.123. The molecule has 1 aliphatic heterocycles. The number of furan rings is 1. The molecule has 7 nitrogen and oxygen atoms in total. The highest BCUT2D eigenvalue weighted by Crippen LogP contribution is 2.26. The van der Waals surface area contributed by atoms with Gasteiger partial charge in [0.05, 0.1) is 6.54 Å². The van der Waals surface area contributed by atoms with E-state index in [1.165, 1.54) is 12.1 Å². The molecule has 1 saturated heterocycles. The van der Waals surface area contributed by atoms with E-state index in [4.69, 9.17) is 9.41 Å². The number of carbonyl (C=O) groups is 1. The third-order valence-corrected chi connectivity index (χ3v) is 5.19. The maximum Gasteiger partial charge on any atom is 0.234 e. The molecule has 1 aromatic carbocycles. The van der Waals surface area contributed by atoms with Gasteiger partial charge >= 0.3 is 0 Å². The number of halogens is 2. The molecule has 2 heterocycles. The van der Waals surface area contributed by atoms with Gasteiger partial charge in [-0.2, -0.15) is 0 Å². The molecule has 1 aromatic heterocycles. The minimum absolute atomic E-state index is 0. The number of amides is 1. The van der Waals surface area contributed by atoms with Crippen LogP contribution in [0.2, 0.25) is 0 Å². The number of carbonyl (C=O) groups excluding carboxylic acids is 1. The van der Waals surface area contributed by atoms with Gasteiger partial charge in [-0.1, -0.05) is 0 Å². The summed E-state index contributed by atoms with van der Waals surface area (Å²) in [4.78, 5) is 21.1. The lowest BCUT2D eigenvalue weighted by atomic mass is 10.1. The van der Waals surface area contributed by atoms with Gasteiger partial charge in [-0.05, 0) is 45.9 Å². The van der Waals surface area contributed by atoms with Crippen molar-refractivity contribution in [3.8, 4) is 0 Å². The van der Waals surface area contributed by atoms with Crippen LogP contribution in [0, 0.1) is 12.7 Å². The van der Waals surface area contributed by atoms with E-state index in [2.05, 4.69) is 20.4 Å². The number of fused-ring (bicyclic) bond motifs is 1. The molecule has 0 bridgehead atoms. The molecule has 3 rings (SSSR count). The second-order valence-electron chi connectivity index (χ2n) is 7.95. The lowest BCUT2D eigenvalue weighted by Crippen LogP contribution is -2.54. The van der Waals surface area contributed by atoms with Crippen LogP contribution < -0.4 is 10.6 Å². The molecular formula is C22H33FIN5O2. The first kappa shape index (κ1) is 25.4. The summed E-state index contributed by atoms with van der Waals surface area (Å²) in [6.07, 6.45) is 0.